The van der Waals surface area contributed by atoms with Crippen molar-refractivity contribution in [1.82, 2.24) is 0 Å². The van der Waals surface area contributed by atoms with Crippen LogP contribution in [0.25, 0.3) is 6.08 Å². The van der Waals surface area contributed by atoms with Crippen LogP contribution in [0.15, 0.2) is 60.0 Å². The fourth-order valence-electron chi connectivity index (χ4n) is 1.75. The highest BCUT2D eigenvalue weighted by atomic mass is 32.2. The van der Waals surface area contributed by atoms with Gasteiger partial charge >= 0.3 is 0 Å². The molecule has 0 N–H and O–H groups in total. The molecule has 0 amide bonds. The highest BCUT2D eigenvalue weighted by Gasteiger charge is 2.07. The number of sulfone groups is 1. The summed E-state index contributed by atoms with van der Waals surface area (Å²) in [5, 5.41) is 1.26. The lowest BCUT2D eigenvalue weighted by molar-refractivity contribution is 0.414. The SMILES string of the molecule is COc1ccc(CS(=O)(=O)C=Cc2ccccc2)cc1. The monoisotopic (exact) mass is 288 g/mol. The van der Waals surface area contributed by atoms with Crippen LogP contribution in [0.3, 0.4) is 0 Å². The van der Waals surface area contributed by atoms with Crippen LogP contribution in [0.5, 0.6) is 5.75 Å². The fourth-order valence-corrected chi connectivity index (χ4v) is 2.87. The smallest absolute Gasteiger partial charge is 0.175 e. The second kappa shape index (κ2) is 6.39. The van der Waals surface area contributed by atoms with Gasteiger partial charge in [0.1, 0.15) is 5.75 Å². The molecule has 0 aliphatic carbocycles. The van der Waals surface area contributed by atoms with Crippen molar-refractivity contribution in [2.45, 2.75) is 5.75 Å². The minimum Gasteiger partial charge on any atom is -0.497 e. The van der Waals surface area contributed by atoms with E-state index in [1.54, 1.807) is 37.5 Å². The van der Waals surface area contributed by atoms with Gasteiger partial charge in [-0.3, -0.25) is 0 Å². The van der Waals surface area contributed by atoms with Gasteiger partial charge in [0, 0.05) is 5.41 Å². The Morgan fingerprint density at radius 3 is 2.25 bits per heavy atom. The Morgan fingerprint density at radius 1 is 1.00 bits per heavy atom. The van der Waals surface area contributed by atoms with Gasteiger partial charge in [-0.2, -0.15) is 0 Å². The molecule has 2 aromatic rings. The quantitative estimate of drug-likeness (QED) is 0.848. The van der Waals surface area contributed by atoms with E-state index >= 15 is 0 Å². The van der Waals surface area contributed by atoms with Crippen molar-refractivity contribution in [1.29, 1.82) is 0 Å². The standard InChI is InChI=1S/C16H16O3S/c1-19-16-9-7-15(8-10-16)13-20(17,18)12-11-14-5-3-2-4-6-14/h2-12H,13H2,1H3. The third-order valence-electron chi connectivity index (χ3n) is 2.79. The van der Waals surface area contributed by atoms with E-state index in [0.29, 0.717) is 5.75 Å². The first-order valence-corrected chi connectivity index (χ1v) is 7.89. The lowest BCUT2D eigenvalue weighted by Gasteiger charge is -2.02. The highest BCUT2D eigenvalue weighted by Crippen LogP contribution is 2.15. The highest BCUT2D eigenvalue weighted by molar-refractivity contribution is 7.93. The summed E-state index contributed by atoms with van der Waals surface area (Å²) in [6, 6.07) is 16.4. The van der Waals surface area contributed by atoms with Gasteiger partial charge in [0.05, 0.1) is 12.9 Å². The van der Waals surface area contributed by atoms with Gasteiger partial charge in [0.15, 0.2) is 9.84 Å². The van der Waals surface area contributed by atoms with Crippen LogP contribution in [-0.2, 0) is 15.6 Å². The van der Waals surface area contributed by atoms with Crippen LogP contribution < -0.4 is 4.74 Å². The molecule has 0 bridgehead atoms. The molecule has 2 aromatic carbocycles. The minimum absolute atomic E-state index is 0.0136. The van der Waals surface area contributed by atoms with Crippen molar-refractivity contribution in [3.05, 3.63) is 71.1 Å². The van der Waals surface area contributed by atoms with E-state index in [1.165, 1.54) is 5.41 Å². The molecule has 2 rings (SSSR count). The topological polar surface area (TPSA) is 43.4 Å². The van der Waals surface area contributed by atoms with E-state index in [-0.39, 0.29) is 5.75 Å². The van der Waals surface area contributed by atoms with Crippen molar-refractivity contribution in [3.8, 4) is 5.75 Å². The van der Waals surface area contributed by atoms with E-state index < -0.39 is 9.84 Å². The first-order valence-electron chi connectivity index (χ1n) is 6.18. The maximum absolute atomic E-state index is 12.0. The maximum Gasteiger partial charge on any atom is 0.175 e. The van der Waals surface area contributed by atoms with Gasteiger partial charge in [-0.15, -0.1) is 0 Å². The first-order chi connectivity index (χ1) is 9.59. The van der Waals surface area contributed by atoms with Crippen LogP contribution >= 0.6 is 0 Å². The van der Waals surface area contributed by atoms with Crippen molar-refractivity contribution >= 4 is 15.9 Å². The average molecular weight is 288 g/mol. The molecule has 0 radical (unpaired) electrons. The molecule has 4 heteroatoms. The second-order valence-electron chi connectivity index (χ2n) is 4.37. The molecule has 3 nitrogen and oxygen atoms in total. The minimum atomic E-state index is -3.27. The van der Waals surface area contributed by atoms with Crippen LogP contribution in [0, 0.1) is 0 Å². The third-order valence-corrected chi connectivity index (χ3v) is 4.08. The summed E-state index contributed by atoms with van der Waals surface area (Å²) >= 11 is 0. The molecule has 0 fully saturated rings. The lowest BCUT2D eigenvalue weighted by Crippen LogP contribution is -1.99. The zero-order valence-electron chi connectivity index (χ0n) is 11.2. The van der Waals surface area contributed by atoms with Crippen molar-refractivity contribution in [3.63, 3.8) is 0 Å². The van der Waals surface area contributed by atoms with Gasteiger partial charge in [-0.25, -0.2) is 8.42 Å². The Hall–Kier alpha value is -2.07. The number of methoxy groups -OCH3 is 1. The molecular formula is C16H16O3S. The lowest BCUT2D eigenvalue weighted by atomic mass is 10.2. The zero-order valence-corrected chi connectivity index (χ0v) is 12.0. The molecule has 0 saturated heterocycles. The fraction of sp³-hybridized carbons (Fsp3) is 0.125. The molecule has 0 unspecified atom stereocenters. The Morgan fingerprint density at radius 2 is 1.65 bits per heavy atom. The molecule has 0 heterocycles. The molecule has 0 saturated carbocycles. The number of hydrogen-bond acceptors (Lipinski definition) is 3. The summed E-state index contributed by atoms with van der Waals surface area (Å²) in [6.45, 7) is 0. The summed E-state index contributed by atoms with van der Waals surface area (Å²) < 4.78 is 29.1. The Bertz CT molecular complexity index is 671. The largest absolute Gasteiger partial charge is 0.497 e. The Kier molecular flexibility index (Phi) is 4.58. The molecule has 20 heavy (non-hydrogen) atoms. The summed E-state index contributed by atoms with van der Waals surface area (Å²) in [6.07, 6.45) is 1.61. The van der Waals surface area contributed by atoms with Crippen LogP contribution in [0.4, 0.5) is 0 Å². The summed E-state index contributed by atoms with van der Waals surface area (Å²) in [4.78, 5) is 0. The second-order valence-corrected chi connectivity index (χ2v) is 6.26. The third kappa shape index (κ3) is 4.24. The zero-order chi connectivity index (χ0) is 14.4. The number of hydrogen-bond donors (Lipinski definition) is 0. The van der Waals surface area contributed by atoms with Crippen LogP contribution in [0.1, 0.15) is 11.1 Å². The normalized spacial score (nSPS) is 11.7. The summed E-state index contributed by atoms with van der Waals surface area (Å²) in [5.41, 5.74) is 1.61. The van der Waals surface area contributed by atoms with Gasteiger partial charge in [0.25, 0.3) is 0 Å². The van der Waals surface area contributed by atoms with Gasteiger partial charge in [-0.05, 0) is 29.3 Å². The summed E-state index contributed by atoms with van der Waals surface area (Å²) in [5.74, 6) is 0.700. The molecule has 0 atom stereocenters. The maximum atomic E-state index is 12.0. The van der Waals surface area contributed by atoms with Crippen LogP contribution in [-0.4, -0.2) is 15.5 Å². The van der Waals surface area contributed by atoms with Gasteiger partial charge in [-0.1, -0.05) is 42.5 Å². The van der Waals surface area contributed by atoms with E-state index in [4.69, 9.17) is 4.74 Å². The predicted octanol–water partition coefficient (Wildman–Crippen LogP) is 3.28. The van der Waals surface area contributed by atoms with Crippen molar-refractivity contribution in [2.75, 3.05) is 7.11 Å². The molecule has 0 aliphatic rings. The molecule has 104 valence electrons. The number of benzene rings is 2. The van der Waals surface area contributed by atoms with Crippen molar-refractivity contribution in [2.24, 2.45) is 0 Å². The van der Waals surface area contributed by atoms with Crippen LogP contribution in [0.2, 0.25) is 0 Å². The molecule has 0 aromatic heterocycles. The van der Waals surface area contributed by atoms with E-state index in [9.17, 15) is 8.42 Å². The molecule has 0 spiro atoms. The van der Waals surface area contributed by atoms with E-state index in [0.717, 1.165) is 11.1 Å². The Labute approximate surface area is 119 Å². The molecule has 0 aliphatic heterocycles. The van der Waals surface area contributed by atoms with Crippen molar-refractivity contribution < 1.29 is 13.2 Å². The number of rotatable bonds is 5. The summed E-state index contributed by atoms with van der Waals surface area (Å²) in [7, 11) is -1.70. The molecular weight excluding hydrogens is 272 g/mol. The van der Waals surface area contributed by atoms with E-state index in [2.05, 4.69) is 0 Å². The predicted molar refractivity (Wildman–Crippen MR) is 81.1 cm³/mol. The van der Waals surface area contributed by atoms with Gasteiger partial charge in [0.2, 0.25) is 0 Å². The number of ether oxygens (including phenoxy) is 1. The first kappa shape index (κ1) is 14.3. The van der Waals surface area contributed by atoms with Gasteiger partial charge < -0.3 is 4.74 Å². The van der Waals surface area contributed by atoms with E-state index in [1.807, 2.05) is 30.3 Å². The average Bonchev–Trinajstić information content (AvgIpc) is 2.47. The Balaban J connectivity index is 2.09.